The Morgan fingerprint density at radius 3 is 2.79 bits per heavy atom. The van der Waals surface area contributed by atoms with E-state index in [9.17, 15) is 4.79 Å². The van der Waals surface area contributed by atoms with Crippen LogP contribution in [0.2, 0.25) is 0 Å². The fraction of sp³-hybridized carbons (Fsp3) is 0.0769. The molecule has 98 valence electrons. The molecule has 19 heavy (non-hydrogen) atoms. The summed E-state index contributed by atoms with van der Waals surface area (Å²) in [6.45, 7) is 0. The summed E-state index contributed by atoms with van der Waals surface area (Å²) in [4.78, 5) is 15.2. The van der Waals surface area contributed by atoms with Crippen molar-refractivity contribution in [2.24, 2.45) is 0 Å². The van der Waals surface area contributed by atoms with E-state index in [4.69, 9.17) is 14.6 Å². The number of carboxylic acid groups (broad SMARTS) is 1. The van der Waals surface area contributed by atoms with Crippen molar-refractivity contribution in [3.8, 4) is 17.4 Å². The van der Waals surface area contributed by atoms with Crippen molar-refractivity contribution in [1.82, 2.24) is 4.98 Å². The van der Waals surface area contributed by atoms with Gasteiger partial charge in [0.1, 0.15) is 11.3 Å². The molecule has 0 saturated heterocycles. The number of carboxylic acids is 1. The molecule has 0 atom stereocenters. The molecule has 0 bridgehead atoms. The molecule has 0 aliphatic carbocycles. The normalized spacial score (nSPS) is 10.0. The Bertz CT molecular complexity index is 615. The van der Waals surface area contributed by atoms with Crippen molar-refractivity contribution < 1.29 is 19.4 Å². The van der Waals surface area contributed by atoms with Crippen LogP contribution in [0, 0.1) is 3.57 Å². The summed E-state index contributed by atoms with van der Waals surface area (Å²) in [7, 11) is 1.50. The van der Waals surface area contributed by atoms with Gasteiger partial charge < -0.3 is 14.6 Å². The van der Waals surface area contributed by atoms with Crippen molar-refractivity contribution in [2.45, 2.75) is 0 Å². The highest BCUT2D eigenvalue weighted by Gasteiger charge is 2.15. The third kappa shape index (κ3) is 3.14. The zero-order valence-electron chi connectivity index (χ0n) is 9.96. The number of aromatic carboxylic acids is 1. The number of ether oxygens (including phenoxy) is 2. The largest absolute Gasteiger partial charge is 0.491 e. The lowest BCUT2D eigenvalue weighted by molar-refractivity contribution is 0.0694. The van der Waals surface area contributed by atoms with Gasteiger partial charge in [0.15, 0.2) is 5.75 Å². The predicted octanol–water partition coefficient (Wildman–Crippen LogP) is 3.19. The molecule has 0 aliphatic rings. The van der Waals surface area contributed by atoms with Crippen LogP contribution in [0.1, 0.15) is 10.4 Å². The van der Waals surface area contributed by atoms with E-state index >= 15 is 0 Å². The van der Waals surface area contributed by atoms with E-state index in [1.807, 2.05) is 22.6 Å². The highest BCUT2D eigenvalue weighted by Crippen LogP contribution is 2.31. The Kier molecular flexibility index (Phi) is 4.20. The molecule has 0 spiro atoms. The maximum absolute atomic E-state index is 11.2. The Labute approximate surface area is 123 Å². The van der Waals surface area contributed by atoms with Gasteiger partial charge in [0.2, 0.25) is 0 Å². The second-order valence-corrected chi connectivity index (χ2v) is 4.80. The highest BCUT2D eigenvalue weighted by atomic mass is 127. The number of carbonyl (C=O) groups is 1. The summed E-state index contributed by atoms with van der Waals surface area (Å²) in [5.41, 5.74) is 0.0830. The molecular formula is C13H10INO4. The van der Waals surface area contributed by atoms with Crippen molar-refractivity contribution in [3.05, 3.63) is 45.7 Å². The number of benzene rings is 1. The summed E-state index contributed by atoms with van der Waals surface area (Å²) in [6, 6.07) is 8.29. The summed E-state index contributed by atoms with van der Waals surface area (Å²) in [5.74, 6) is -0.153. The van der Waals surface area contributed by atoms with Crippen LogP contribution in [0.25, 0.3) is 0 Å². The Hall–Kier alpha value is -1.83. The van der Waals surface area contributed by atoms with Gasteiger partial charge in [0.05, 0.1) is 7.11 Å². The SMILES string of the molecule is COc1cccnc1Oc1ccc(I)cc1C(=O)O. The molecular weight excluding hydrogens is 361 g/mol. The Morgan fingerprint density at radius 1 is 1.32 bits per heavy atom. The molecule has 2 aromatic rings. The second kappa shape index (κ2) is 5.87. The van der Waals surface area contributed by atoms with Crippen LogP contribution < -0.4 is 9.47 Å². The quantitative estimate of drug-likeness (QED) is 0.837. The maximum Gasteiger partial charge on any atom is 0.339 e. The number of halogens is 1. The number of pyridine rings is 1. The first-order valence-corrected chi connectivity index (χ1v) is 6.39. The molecule has 1 aromatic carbocycles. The highest BCUT2D eigenvalue weighted by molar-refractivity contribution is 14.1. The molecule has 2 rings (SSSR count). The molecule has 0 aliphatic heterocycles. The van der Waals surface area contributed by atoms with Crippen LogP contribution >= 0.6 is 22.6 Å². The van der Waals surface area contributed by atoms with E-state index in [0.717, 1.165) is 3.57 Å². The third-order valence-corrected chi connectivity index (χ3v) is 3.01. The van der Waals surface area contributed by atoms with Gasteiger partial charge in [-0.05, 0) is 52.9 Å². The van der Waals surface area contributed by atoms with Crippen molar-refractivity contribution in [3.63, 3.8) is 0 Å². The van der Waals surface area contributed by atoms with Gasteiger partial charge in [-0.2, -0.15) is 0 Å². The molecule has 6 heteroatoms. The van der Waals surface area contributed by atoms with Crippen LogP contribution in [0.5, 0.6) is 17.4 Å². The van der Waals surface area contributed by atoms with Crippen molar-refractivity contribution >= 4 is 28.6 Å². The fourth-order valence-corrected chi connectivity index (χ4v) is 1.96. The first-order chi connectivity index (χ1) is 9.11. The topological polar surface area (TPSA) is 68.7 Å². The maximum atomic E-state index is 11.2. The average Bonchev–Trinajstić information content (AvgIpc) is 2.41. The van der Waals surface area contributed by atoms with Gasteiger partial charge in [-0.1, -0.05) is 0 Å². The summed E-state index contributed by atoms with van der Waals surface area (Å²) in [6.07, 6.45) is 1.55. The molecule has 0 fully saturated rings. The minimum absolute atomic E-state index is 0.0830. The standard InChI is InChI=1S/C13H10INO4/c1-18-11-3-2-6-15-12(11)19-10-5-4-8(14)7-9(10)13(16)17/h2-7H,1H3,(H,16,17). The van der Waals surface area contributed by atoms with E-state index in [-0.39, 0.29) is 17.2 Å². The number of hydrogen-bond acceptors (Lipinski definition) is 4. The second-order valence-electron chi connectivity index (χ2n) is 3.56. The lowest BCUT2D eigenvalue weighted by Crippen LogP contribution is -2.02. The molecule has 0 saturated carbocycles. The van der Waals surface area contributed by atoms with Crippen LogP contribution in [0.3, 0.4) is 0 Å². The number of rotatable bonds is 4. The Morgan fingerprint density at radius 2 is 2.11 bits per heavy atom. The summed E-state index contributed by atoms with van der Waals surface area (Å²) in [5, 5.41) is 9.16. The molecule has 1 N–H and O–H groups in total. The number of aromatic nitrogens is 1. The first-order valence-electron chi connectivity index (χ1n) is 5.31. The van der Waals surface area contributed by atoms with Gasteiger partial charge in [-0.25, -0.2) is 9.78 Å². The minimum atomic E-state index is -1.05. The molecule has 5 nitrogen and oxygen atoms in total. The minimum Gasteiger partial charge on any atom is -0.491 e. The van der Waals surface area contributed by atoms with E-state index < -0.39 is 5.97 Å². The van der Waals surface area contributed by atoms with E-state index in [1.54, 1.807) is 30.5 Å². The van der Waals surface area contributed by atoms with Crippen LogP contribution in [0.15, 0.2) is 36.5 Å². The fourth-order valence-electron chi connectivity index (χ4n) is 1.47. The van der Waals surface area contributed by atoms with Crippen molar-refractivity contribution in [1.29, 1.82) is 0 Å². The number of methoxy groups -OCH3 is 1. The smallest absolute Gasteiger partial charge is 0.339 e. The molecule has 0 unspecified atom stereocenters. The lowest BCUT2D eigenvalue weighted by Gasteiger charge is -2.10. The zero-order chi connectivity index (χ0) is 13.8. The third-order valence-electron chi connectivity index (χ3n) is 2.33. The van der Waals surface area contributed by atoms with Gasteiger partial charge >= 0.3 is 5.97 Å². The summed E-state index contributed by atoms with van der Waals surface area (Å²) >= 11 is 2.04. The molecule has 1 heterocycles. The van der Waals surface area contributed by atoms with E-state index in [0.29, 0.717) is 5.75 Å². The average molecular weight is 371 g/mol. The van der Waals surface area contributed by atoms with Crippen LogP contribution in [0.4, 0.5) is 0 Å². The van der Waals surface area contributed by atoms with Crippen molar-refractivity contribution in [2.75, 3.05) is 7.11 Å². The predicted molar refractivity (Wildman–Crippen MR) is 77.0 cm³/mol. The number of hydrogen-bond donors (Lipinski definition) is 1. The van der Waals surface area contributed by atoms with Gasteiger partial charge in [-0.3, -0.25) is 0 Å². The first kappa shape index (κ1) is 13.6. The van der Waals surface area contributed by atoms with Crippen LogP contribution in [-0.4, -0.2) is 23.2 Å². The van der Waals surface area contributed by atoms with Crippen LogP contribution in [-0.2, 0) is 0 Å². The van der Waals surface area contributed by atoms with E-state index in [2.05, 4.69) is 4.98 Å². The zero-order valence-corrected chi connectivity index (χ0v) is 12.1. The molecule has 0 radical (unpaired) electrons. The van der Waals surface area contributed by atoms with Gasteiger partial charge in [0.25, 0.3) is 5.88 Å². The van der Waals surface area contributed by atoms with Gasteiger partial charge in [-0.15, -0.1) is 0 Å². The Balaban J connectivity index is 2.41. The molecule has 0 amide bonds. The molecule has 1 aromatic heterocycles. The number of nitrogens with zero attached hydrogens (tertiary/aromatic N) is 1. The lowest BCUT2D eigenvalue weighted by atomic mass is 10.2. The van der Waals surface area contributed by atoms with E-state index in [1.165, 1.54) is 13.2 Å². The van der Waals surface area contributed by atoms with Gasteiger partial charge in [0, 0.05) is 9.77 Å². The monoisotopic (exact) mass is 371 g/mol. The summed E-state index contributed by atoms with van der Waals surface area (Å²) < 4.78 is 11.4.